The zero-order valence-corrected chi connectivity index (χ0v) is 20.2. The number of halogens is 2. The van der Waals surface area contributed by atoms with E-state index >= 15 is 0 Å². The Morgan fingerprint density at radius 3 is 2.56 bits per heavy atom. The van der Waals surface area contributed by atoms with Crippen molar-refractivity contribution in [3.8, 4) is 0 Å². The van der Waals surface area contributed by atoms with Crippen LogP contribution in [-0.4, -0.2) is 63.0 Å². The van der Waals surface area contributed by atoms with Gasteiger partial charge in [0.1, 0.15) is 24.4 Å². The van der Waals surface area contributed by atoms with Gasteiger partial charge < -0.3 is 29.4 Å². The van der Waals surface area contributed by atoms with E-state index in [2.05, 4.69) is 35.5 Å². The lowest BCUT2D eigenvalue weighted by Gasteiger charge is -2.36. The molecule has 1 aromatic heterocycles. The number of benzene rings is 2. The largest absolute Gasteiger partial charge is 0.445 e. The first-order valence-corrected chi connectivity index (χ1v) is 12.0. The summed E-state index contributed by atoms with van der Waals surface area (Å²) >= 11 is 12.3. The van der Waals surface area contributed by atoms with Crippen LogP contribution in [0, 0.1) is 0 Å². The van der Waals surface area contributed by atoms with Gasteiger partial charge in [-0.1, -0.05) is 55.2 Å². The number of hydrogen-bond acceptors (Lipinski definition) is 6. The van der Waals surface area contributed by atoms with Crippen LogP contribution < -0.4 is 0 Å². The molecule has 5 rings (SSSR count). The number of fused-ring (bicyclic) bond motifs is 2. The molecule has 3 heterocycles. The lowest BCUT2D eigenvalue weighted by atomic mass is 9.98. The number of aliphatic imine (C=N–C) groups is 1. The summed E-state index contributed by atoms with van der Waals surface area (Å²) in [6, 6.07) is 11.1. The Kier molecular flexibility index (Phi) is 6.35. The summed E-state index contributed by atoms with van der Waals surface area (Å²) in [7, 11) is 0. The number of ether oxygens (including phenoxy) is 2. The molecule has 0 spiro atoms. The van der Waals surface area contributed by atoms with E-state index in [1.807, 2.05) is 24.4 Å². The molecule has 2 aromatic carbocycles. The molecule has 9 heteroatoms. The Bertz CT molecular complexity index is 1260. The number of hydrogen-bond donors (Lipinski definition) is 3. The first-order chi connectivity index (χ1) is 16.3. The first kappa shape index (κ1) is 23.6. The Morgan fingerprint density at radius 1 is 1.06 bits per heavy atom. The van der Waals surface area contributed by atoms with Gasteiger partial charge >= 0.3 is 0 Å². The monoisotopic (exact) mass is 504 g/mol. The van der Waals surface area contributed by atoms with Crippen LogP contribution in [0.3, 0.4) is 0 Å². The van der Waals surface area contributed by atoms with E-state index in [1.54, 1.807) is 6.07 Å². The van der Waals surface area contributed by atoms with Crippen molar-refractivity contribution in [2.75, 3.05) is 6.61 Å². The highest BCUT2D eigenvalue weighted by Crippen LogP contribution is 2.34. The lowest BCUT2D eigenvalue weighted by molar-refractivity contribution is -0.234. The summed E-state index contributed by atoms with van der Waals surface area (Å²) in [5.41, 5.74) is 3.94. The molecule has 2 aliphatic rings. The Labute approximate surface area is 207 Å². The number of aliphatic hydroxyl groups excluding tert-OH is 3. The fraction of sp³-hybridized carbons (Fsp3) is 0.400. The zero-order valence-electron chi connectivity index (χ0n) is 18.7. The van der Waals surface area contributed by atoms with E-state index in [0.717, 1.165) is 22.0 Å². The number of aromatic nitrogens is 1. The van der Waals surface area contributed by atoms with Crippen molar-refractivity contribution < 1.29 is 24.8 Å². The van der Waals surface area contributed by atoms with Crippen LogP contribution in [0.5, 0.6) is 0 Å². The smallest absolute Gasteiger partial charge is 0.227 e. The van der Waals surface area contributed by atoms with Crippen LogP contribution >= 0.6 is 23.2 Å². The van der Waals surface area contributed by atoms with Gasteiger partial charge in [-0.3, -0.25) is 0 Å². The minimum Gasteiger partial charge on any atom is -0.445 e. The van der Waals surface area contributed by atoms with Crippen LogP contribution in [0.1, 0.15) is 36.5 Å². The van der Waals surface area contributed by atoms with E-state index in [0.29, 0.717) is 28.4 Å². The van der Waals surface area contributed by atoms with Crippen LogP contribution in [0.4, 0.5) is 0 Å². The van der Waals surface area contributed by atoms with Gasteiger partial charge in [-0.2, -0.15) is 0 Å². The lowest BCUT2D eigenvalue weighted by Crippen LogP contribution is -2.56. The Hall–Kier alpha value is -2.13. The van der Waals surface area contributed by atoms with Crippen LogP contribution in [0.15, 0.2) is 47.6 Å². The van der Waals surface area contributed by atoms with Crippen molar-refractivity contribution in [3.05, 3.63) is 69.3 Å². The topological polar surface area (TPSA) is 96.4 Å². The average molecular weight is 505 g/mol. The second kappa shape index (κ2) is 9.15. The van der Waals surface area contributed by atoms with Crippen molar-refractivity contribution in [3.63, 3.8) is 0 Å². The molecule has 1 fully saturated rings. The molecule has 2 aliphatic heterocycles. The van der Waals surface area contributed by atoms with Crippen LogP contribution in [0.2, 0.25) is 10.0 Å². The molecule has 1 saturated heterocycles. The average Bonchev–Trinajstić information content (AvgIpc) is 3.40. The summed E-state index contributed by atoms with van der Waals surface area (Å²) in [6.45, 7) is 4.41. The highest BCUT2D eigenvalue weighted by Gasteiger charge is 2.49. The molecule has 0 amide bonds. The standard InChI is InChI=1S/C25H26Cl2N2O5/c1-12(2)14-4-5-15-16(24-28-21-23(32)22(31)20(11-30)33-25(21)34-24)10-29(19(15)8-14)9-13-3-6-17(26)18(27)7-13/h3-8,10,12,20-23,25,30-32H,9,11H2,1-2H3/t20?,21-,22-,23?,25-/m1/s1. The molecular formula is C25H26Cl2N2O5. The third-order valence-electron chi connectivity index (χ3n) is 6.48. The molecule has 34 heavy (non-hydrogen) atoms. The van der Waals surface area contributed by atoms with Crippen molar-refractivity contribution in [2.24, 2.45) is 4.99 Å². The van der Waals surface area contributed by atoms with Crippen molar-refractivity contribution in [1.82, 2.24) is 4.57 Å². The molecule has 0 bridgehead atoms. The molecular weight excluding hydrogens is 479 g/mol. The summed E-state index contributed by atoms with van der Waals surface area (Å²) in [5.74, 6) is 0.680. The molecule has 2 unspecified atom stereocenters. The van der Waals surface area contributed by atoms with Gasteiger partial charge in [0.15, 0.2) is 0 Å². The second-order valence-electron chi connectivity index (χ2n) is 9.10. The third kappa shape index (κ3) is 4.11. The quantitative estimate of drug-likeness (QED) is 0.492. The zero-order chi connectivity index (χ0) is 24.1. The maximum absolute atomic E-state index is 10.5. The predicted molar refractivity (Wildman–Crippen MR) is 131 cm³/mol. The Balaban J connectivity index is 1.56. The van der Waals surface area contributed by atoms with Crippen molar-refractivity contribution in [2.45, 2.75) is 57.0 Å². The molecule has 0 saturated carbocycles. The van der Waals surface area contributed by atoms with Gasteiger partial charge in [0, 0.05) is 23.6 Å². The van der Waals surface area contributed by atoms with Gasteiger partial charge in [0.25, 0.3) is 0 Å². The summed E-state index contributed by atoms with van der Waals surface area (Å²) < 4.78 is 13.7. The van der Waals surface area contributed by atoms with Crippen LogP contribution in [-0.2, 0) is 16.0 Å². The van der Waals surface area contributed by atoms with Crippen molar-refractivity contribution >= 4 is 40.0 Å². The SMILES string of the molecule is CC(C)c1ccc2c(C3=N[C@@H]4C(O)[C@H](O)C(CO)O[C@@H]4O3)cn(Cc3ccc(Cl)c(Cl)c3)c2c1. The van der Waals surface area contributed by atoms with E-state index in [9.17, 15) is 15.3 Å². The second-order valence-corrected chi connectivity index (χ2v) is 9.91. The number of nitrogens with zero attached hydrogens (tertiary/aromatic N) is 2. The van der Waals surface area contributed by atoms with Gasteiger partial charge in [-0.15, -0.1) is 0 Å². The molecule has 5 atom stereocenters. The Morgan fingerprint density at radius 2 is 1.85 bits per heavy atom. The normalized spacial score (nSPS) is 26.6. The van der Waals surface area contributed by atoms with Gasteiger partial charge in [0.05, 0.1) is 22.2 Å². The number of aliphatic hydroxyl groups is 3. The highest BCUT2D eigenvalue weighted by atomic mass is 35.5. The van der Waals surface area contributed by atoms with E-state index in [4.69, 9.17) is 32.7 Å². The molecule has 0 aliphatic carbocycles. The fourth-order valence-corrected chi connectivity index (χ4v) is 4.84. The van der Waals surface area contributed by atoms with Crippen LogP contribution in [0.25, 0.3) is 10.9 Å². The summed E-state index contributed by atoms with van der Waals surface area (Å²) in [4.78, 5) is 4.56. The van der Waals surface area contributed by atoms with Gasteiger partial charge in [0.2, 0.25) is 12.2 Å². The molecule has 180 valence electrons. The number of rotatable bonds is 5. The molecule has 3 N–H and O–H groups in total. The first-order valence-electron chi connectivity index (χ1n) is 11.2. The van der Waals surface area contributed by atoms with E-state index in [1.165, 1.54) is 5.56 Å². The molecule has 0 radical (unpaired) electrons. The molecule has 3 aromatic rings. The van der Waals surface area contributed by atoms with E-state index < -0.39 is 37.3 Å². The predicted octanol–water partition coefficient (Wildman–Crippen LogP) is 3.70. The maximum Gasteiger partial charge on any atom is 0.227 e. The molecule has 7 nitrogen and oxygen atoms in total. The van der Waals surface area contributed by atoms with Crippen molar-refractivity contribution in [1.29, 1.82) is 0 Å². The summed E-state index contributed by atoms with van der Waals surface area (Å²) in [5, 5.41) is 32.1. The van der Waals surface area contributed by atoms with E-state index in [-0.39, 0.29) is 0 Å². The third-order valence-corrected chi connectivity index (χ3v) is 7.22. The maximum atomic E-state index is 10.5. The highest BCUT2D eigenvalue weighted by molar-refractivity contribution is 6.42. The van der Waals surface area contributed by atoms with Gasteiger partial charge in [-0.05, 0) is 35.2 Å². The minimum atomic E-state index is -1.25. The summed E-state index contributed by atoms with van der Waals surface area (Å²) in [6.07, 6.45) is -2.31. The minimum absolute atomic E-state index is 0.329. The fourth-order valence-electron chi connectivity index (χ4n) is 4.51. The van der Waals surface area contributed by atoms with Gasteiger partial charge in [-0.25, -0.2) is 4.99 Å².